The molecule has 0 aliphatic carbocycles. The first-order chi connectivity index (χ1) is 6.31. The maximum Gasteiger partial charge on any atom is 0.0174 e. The molecule has 0 saturated carbocycles. The largest absolute Gasteiger partial charge is 0.0794 e. The Kier molecular flexibility index (Phi) is 3.62. The van der Waals surface area contributed by atoms with Crippen LogP contribution in [0.15, 0.2) is 30.3 Å². The molecule has 0 heterocycles. The van der Waals surface area contributed by atoms with Crippen molar-refractivity contribution in [1.29, 1.82) is 0 Å². The normalized spacial score (nSPS) is 12.9. The van der Waals surface area contributed by atoms with Gasteiger partial charge in [0.05, 0.1) is 0 Å². The first-order valence-electron chi connectivity index (χ1n) is 5.06. The molecule has 0 N–H and O–H groups in total. The van der Waals surface area contributed by atoms with Gasteiger partial charge in [-0.1, -0.05) is 80.6 Å². The van der Waals surface area contributed by atoms with E-state index in [1.165, 1.54) is 12.0 Å². The fourth-order valence-corrected chi connectivity index (χ4v) is 3.00. The highest BCUT2D eigenvalue weighted by Crippen LogP contribution is 2.36. The van der Waals surface area contributed by atoms with Crippen molar-refractivity contribution in [3.05, 3.63) is 35.9 Å². The van der Waals surface area contributed by atoms with E-state index in [0.29, 0.717) is 3.42 Å². The van der Waals surface area contributed by atoms with Crippen molar-refractivity contribution < 1.29 is 0 Å². The molecule has 0 radical (unpaired) electrons. The van der Waals surface area contributed by atoms with Crippen molar-refractivity contribution in [2.24, 2.45) is 0 Å². The first-order valence-corrected chi connectivity index (χ1v) is 6.14. The van der Waals surface area contributed by atoms with Crippen molar-refractivity contribution in [3.63, 3.8) is 0 Å². The molecule has 0 aliphatic rings. The molecule has 14 heavy (non-hydrogen) atoms. The summed E-state index contributed by atoms with van der Waals surface area (Å²) >= 11 is 2.53. The Balaban J connectivity index is 2.86. The van der Waals surface area contributed by atoms with Gasteiger partial charge in [0, 0.05) is 3.42 Å². The van der Waals surface area contributed by atoms with Gasteiger partial charge >= 0.3 is 0 Å². The van der Waals surface area contributed by atoms with Gasteiger partial charge in [0.25, 0.3) is 0 Å². The quantitative estimate of drug-likeness (QED) is 0.567. The number of halogens is 1. The summed E-state index contributed by atoms with van der Waals surface area (Å²) in [5.41, 5.74) is 1.70. The molecule has 0 fully saturated rings. The predicted molar refractivity (Wildman–Crippen MR) is 72.2 cm³/mol. The van der Waals surface area contributed by atoms with E-state index < -0.39 is 0 Å². The fourth-order valence-electron chi connectivity index (χ4n) is 2.04. The van der Waals surface area contributed by atoms with E-state index in [9.17, 15) is 0 Å². The van der Waals surface area contributed by atoms with Gasteiger partial charge in [-0.25, -0.2) is 0 Å². The minimum absolute atomic E-state index is 0.270. The molecule has 1 rings (SSSR count). The standard InChI is InChI=1S/C13H19I/c1-12(2,10-13(3,4)14)11-8-6-5-7-9-11/h5-9H,10H2,1-4H3. The van der Waals surface area contributed by atoms with Gasteiger partial charge in [-0.05, 0) is 17.4 Å². The Morgan fingerprint density at radius 3 is 1.93 bits per heavy atom. The summed E-state index contributed by atoms with van der Waals surface area (Å²) in [5, 5.41) is 0. The third-order valence-electron chi connectivity index (χ3n) is 2.42. The summed E-state index contributed by atoms with van der Waals surface area (Å²) in [7, 11) is 0. The number of hydrogen-bond donors (Lipinski definition) is 0. The lowest BCUT2D eigenvalue weighted by atomic mass is 9.78. The molecule has 1 heteroatoms. The summed E-state index contributed by atoms with van der Waals surface area (Å²) in [5.74, 6) is 0. The van der Waals surface area contributed by atoms with Crippen LogP contribution in [-0.2, 0) is 5.41 Å². The minimum atomic E-state index is 0.270. The van der Waals surface area contributed by atoms with Crippen LogP contribution in [0.4, 0.5) is 0 Å². The highest BCUT2D eigenvalue weighted by molar-refractivity contribution is 14.1. The molecule has 0 nitrogen and oxygen atoms in total. The summed E-state index contributed by atoms with van der Waals surface area (Å²) < 4.78 is 0.358. The highest BCUT2D eigenvalue weighted by atomic mass is 127. The second kappa shape index (κ2) is 4.21. The number of alkyl halides is 1. The van der Waals surface area contributed by atoms with E-state index in [1.54, 1.807) is 0 Å². The lowest BCUT2D eigenvalue weighted by molar-refractivity contribution is 0.436. The monoisotopic (exact) mass is 302 g/mol. The average molecular weight is 302 g/mol. The zero-order valence-electron chi connectivity index (χ0n) is 9.47. The van der Waals surface area contributed by atoms with E-state index in [4.69, 9.17) is 0 Å². The van der Waals surface area contributed by atoms with Gasteiger partial charge in [-0.2, -0.15) is 0 Å². The topological polar surface area (TPSA) is 0 Å². The van der Waals surface area contributed by atoms with Gasteiger partial charge in [0.15, 0.2) is 0 Å². The molecule has 0 unspecified atom stereocenters. The fraction of sp³-hybridized carbons (Fsp3) is 0.538. The van der Waals surface area contributed by atoms with Gasteiger partial charge in [-0.3, -0.25) is 0 Å². The van der Waals surface area contributed by atoms with E-state index in [-0.39, 0.29) is 5.41 Å². The van der Waals surface area contributed by atoms with Crippen LogP contribution in [0.5, 0.6) is 0 Å². The van der Waals surface area contributed by atoms with E-state index >= 15 is 0 Å². The SMILES string of the molecule is CC(C)(I)CC(C)(C)c1ccccc1. The van der Waals surface area contributed by atoms with E-state index in [2.05, 4.69) is 80.6 Å². The molecule has 0 aliphatic heterocycles. The molecule has 1 aromatic rings. The molecule has 0 spiro atoms. The molecule has 0 aromatic heterocycles. The molecular weight excluding hydrogens is 283 g/mol. The lowest BCUT2D eigenvalue weighted by Crippen LogP contribution is -2.26. The summed E-state index contributed by atoms with van der Waals surface area (Å²) in [4.78, 5) is 0. The maximum atomic E-state index is 2.53. The van der Waals surface area contributed by atoms with Crippen LogP contribution >= 0.6 is 22.6 Å². The molecule has 1 aromatic carbocycles. The summed E-state index contributed by atoms with van der Waals surface area (Å²) in [6, 6.07) is 10.8. The first kappa shape index (κ1) is 12.0. The Hall–Kier alpha value is -0.0500. The van der Waals surface area contributed by atoms with Crippen LogP contribution in [0, 0.1) is 0 Å². The van der Waals surface area contributed by atoms with Gasteiger partial charge in [-0.15, -0.1) is 0 Å². The number of benzene rings is 1. The van der Waals surface area contributed by atoms with Crippen molar-refractivity contribution in [2.75, 3.05) is 0 Å². The number of rotatable bonds is 3. The van der Waals surface area contributed by atoms with E-state index in [0.717, 1.165) is 0 Å². The molecular formula is C13H19I. The smallest absolute Gasteiger partial charge is 0.0174 e. The van der Waals surface area contributed by atoms with Crippen LogP contribution in [0.1, 0.15) is 39.7 Å². The third-order valence-corrected chi connectivity index (χ3v) is 2.80. The molecule has 0 amide bonds. The predicted octanol–water partition coefficient (Wildman–Crippen LogP) is 4.57. The van der Waals surface area contributed by atoms with Crippen molar-refractivity contribution in [3.8, 4) is 0 Å². The van der Waals surface area contributed by atoms with Crippen molar-refractivity contribution in [1.82, 2.24) is 0 Å². The van der Waals surface area contributed by atoms with Crippen molar-refractivity contribution >= 4 is 22.6 Å². The van der Waals surface area contributed by atoms with Crippen LogP contribution in [0.25, 0.3) is 0 Å². The minimum Gasteiger partial charge on any atom is -0.0794 e. The molecule has 0 atom stereocenters. The van der Waals surface area contributed by atoms with Crippen LogP contribution in [0.3, 0.4) is 0 Å². The second-order valence-corrected chi connectivity index (χ2v) is 8.07. The molecule has 0 bridgehead atoms. The molecule has 78 valence electrons. The Labute approximate surface area is 101 Å². The lowest BCUT2D eigenvalue weighted by Gasteiger charge is -2.31. The Bertz CT molecular complexity index is 280. The third kappa shape index (κ3) is 3.60. The Morgan fingerprint density at radius 1 is 1.00 bits per heavy atom. The van der Waals surface area contributed by atoms with Gasteiger partial charge in [0.2, 0.25) is 0 Å². The Morgan fingerprint density at radius 2 is 1.50 bits per heavy atom. The molecule has 0 saturated heterocycles. The van der Waals surface area contributed by atoms with E-state index in [1.807, 2.05) is 0 Å². The van der Waals surface area contributed by atoms with Crippen molar-refractivity contribution in [2.45, 2.75) is 43.0 Å². The van der Waals surface area contributed by atoms with Gasteiger partial charge in [0.1, 0.15) is 0 Å². The maximum absolute atomic E-state index is 2.53. The summed E-state index contributed by atoms with van der Waals surface area (Å²) in [6.07, 6.45) is 1.20. The van der Waals surface area contributed by atoms with Crippen LogP contribution < -0.4 is 0 Å². The van der Waals surface area contributed by atoms with Crippen LogP contribution in [0.2, 0.25) is 0 Å². The highest BCUT2D eigenvalue weighted by Gasteiger charge is 2.27. The second-order valence-electron chi connectivity index (χ2n) is 5.15. The van der Waals surface area contributed by atoms with Gasteiger partial charge < -0.3 is 0 Å². The zero-order valence-corrected chi connectivity index (χ0v) is 11.6. The zero-order chi connectivity index (χ0) is 10.8. The summed E-state index contributed by atoms with van der Waals surface area (Å²) in [6.45, 7) is 9.22. The average Bonchev–Trinajstić information content (AvgIpc) is 2.01. The number of hydrogen-bond acceptors (Lipinski definition) is 0. The van der Waals surface area contributed by atoms with Crippen LogP contribution in [-0.4, -0.2) is 3.42 Å².